The molecule has 0 bridgehead atoms. The number of aromatic amines is 1. The molecular formula is C15H23N3O4. The van der Waals surface area contributed by atoms with Crippen LogP contribution >= 0.6 is 0 Å². The molecule has 0 unspecified atom stereocenters. The fraction of sp³-hybridized carbons (Fsp3) is 0.733. The maximum atomic E-state index is 12.1. The first-order valence-corrected chi connectivity index (χ1v) is 7.83. The normalized spacial score (nSPS) is 31.3. The van der Waals surface area contributed by atoms with Crippen molar-refractivity contribution in [3.05, 3.63) is 33.1 Å². The Bertz CT molecular complexity index is 630. The van der Waals surface area contributed by atoms with Crippen LogP contribution in [0, 0.1) is 0 Å². The highest BCUT2D eigenvalue weighted by Gasteiger charge is 2.41. The summed E-state index contributed by atoms with van der Waals surface area (Å²) in [5, 5.41) is 10.7. The average Bonchev–Trinajstić information content (AvgIpc) is 2.49. The van der Waals surface area contributed by atoms with Gasteiger partial charge in [0.2, 0.25) is 0 Å². The third kappa shape index (κ3) is 3.02. The third-order valence-corrected chi connectivity index (χ3v) is 4.92. The lowest BCUT2D eigenvalue weighted by atomic mass is 9.86. The largest absolute Gasteiger partial charge is 0.388 e. The molecule has 1 aromatic rings. The summed E-state index contributed by atoms with van der Waals surface area (Å²) >= 11 is 0. The van der Waals surface area contributed by atoms with E-state index in [1.54, 1.807) is 6.92 Å². The summed E-state index contributed by atoms with van der Waals surface area (Å²) < 4.78 is 6.86. The zero-order valence-corrected chi connectivity index (χ0v) is 12.8. The molecule has 0 spiro atoms. The second-order valence-electron chi connectivity index (χ2n) is 6.48. The second-order valence-corrected chi connectivity index (χ2v) is 6.48. The minimum absolute atomic E-state index is 0.367. The summed E-state index contributed by atoms with van der Waals surface area (Å²) in [5.74, 6) is 0. The van der Waals surface area contributed by atoms with Gasteiger partial charge < -0.3 is 9.84 Å². The van der Waals surface area contributed by atoms with Crippen molar-refractivity contribution in [3.8, 4) is 0 Å². The molecule has 0 aliphatic carbocycles. The molecule has 7 nitrogen and oxygen atoms in total. The Morgan fingerprint density at radius 1 is 1.36 bits per heavy atom. The molecule has 2 aliphatic rings. The molecule has 3 heterocycles. The van der Waals surface area contributed by atoms with E-state index in [4.69, 9.17) is 4.74 Å². The molecule has 2 aliphatic heterocycles. The van der Waals surface area contributed by atoms with Crippen LogP contribution in [-0.2, 0) is 4.74 Å². The van der Waals surface area contributed by atoms with Crippen LogP contribution in [0.2, 0.25) is 0 Å². The molecule has 122 valence electrons. The Morgan fingerprint density at radius 2 is 2.09 bits per heavy atom. The number of aromatic nitrogens is 2. The lowest BCUT2D eigenvalue weighted by molar-refractivity contribution is -0.0731. The predicted octanol–water partition coefficient (Wildman–Crippen LogP) is -0.287. The predicted molar refractivity (Wildman–Crippen MR) is 81.0 cm³/mol. The average molecular weight is 309 g/mol. The van der Waals surface area contributed by atoms with E-state index < -0.39 is 16.9 Å². The summed E-state index contributed by atoms with van der Waals surface area (Å²) in [7, 11) is 0. The SMILES string of the molecule is C[C@@]1(O)CCN(C2CCOCC2)C[C@H]1n1ccc(=O)[nH]c1=O. The topological polar surface area (TPSA) is 87.6 Å². The molecule has 22 heavy (non-hydrogen) atoms. The van der Waals surface area contributed by atoms with E-state index in [9.17, 15) is 14.7 Å². The molecule has 7 heteroatoms. The van der Waals surface area contributed by atoms with E-state index in [0.717, 1.165) is 32.6 Å². The van der Waals surface area contributed by atoms with Gasteiger partial charge in [0.25, 0.3) is 5.56 Å². The van der Waals surface area contributed by atoms with Gasteiger partial charge in [-0.1, -0.05) is 0 Å². The van der Waals surface area contributed by atoms with Gasteiger partial charge in [0.15, 0.2) is 0 Å². The molecule has 2 fully saturated rings. The van der Waals surface area contributed by atoms with Crippen molar-refractivity contribution in [2.45, 2.75) is 43.9 Å². The number of nitrogens with one attached hydrogen (secondary N) is 1. The highest BCUT2D eigenvalue weighted by atomic mass is 16.5. The molecule has 2 atom stereocenters. The maximum absolute atomic E-state index is 12.1. The molecule has 0 radical (unpaired) electrons. The standard InChI is InChI=1S/C15H23N3O4/c1-15(21)5-7-17(11-3-8-22-9-4-11)10-12(15)18-6-2-13(19)16-14(18)20/h2,6,11-12,21H,3-5,7-10H2,1H3,(H,16,19,20)/t12-,15-/m1/s1. The van der Waals surface area contributed by atoms with Crippen molar-refractivity contribution in [1.82, 2.24) is 14.5 Å². The van der Waals surface area contributed by atoms with Gasteiger partial charge in [0.05, 0.1) is 11.6 Å². The van der Waals surface area contributed by atoms with Gasteiger partial charge in [-0.2, -0.15) is 0 Å². The molecule has 0 aromatic carbocycles. The number of aliphatic hydroxyl groups is 1. The summed E-state index contributed by atoms with van der Waals surface area (Å²) in [6, 6.07) is 1.39. The molecule has 1 aromatic heterocycles. The van der Waals surface area contributed by atoms with Crippen LogP contribution in [0.3, 0.4) is 0 Å². The Labute approximate surface area is 128 Å². The number of likely N-dealkylation sites (tertiary alicyclic amines) is 1. The van der Waals surface area contributed by atoms with Crippen molar-refractivity contribution < 1.29 is 9.84 Å². The Balaban J connectivity index is 1.86. The van der Waals surface area contributed by atoms with Crippen LogP contribution in [0.5, 0.6) is 0 Å². The smallest absolute Gasteiger partial charge is 0.328 e. The Morgan fingerprint density at radius 3 is 2.77 bits per heavy atom. The Kier molecular flexibility index (Phi) is 4.20. The van der Waals surface area contributed by atoms with E-state index in [1.807, 2.05) is 0 Å². The van der Waals surface area contributed by atoms with Crippen LogP contribution < -0.4 is 11.2 Å². The van der Waals surface area contributed by atoms with Gasteiger partial charge in [-0.25, -0.2) is 4.79 Å². The number of H-pyrrole nitrogens is 1. The minimum atomic E-state index is -0.969. The fourth-order valence-electron chi connectivity index (χ4n) is 3.49. The van der Waals surface area contributed by atoms with Crippen molar-refractivity contribution in [3.63, 3.8) is 0 Å². The highest BCUT2D eigenvalue weighted by Crippen LogP contribution is 2.32. The number of piperidine rings is 1. The second kappa shape index (κ2) is 5.98. The summed E-state index contributed by atoms with van der Waals surface area (Å²) in [6.07, 6.45) is 4.04. The highest BCUT2D eigenvalue weighted by molar-refractivity contribution is 4.98. The number of hydrogen-bond acceptors (Lipinski definition) is 5. The molecule has 2 saturated heterocycles. The van der Waals surface area contributed by atoms with E-state index in [1.165, 1.54) is 16.8 Å². The molecule has 2 N–H and O–H groups in total. The summed E-state index contributed by atoms with van der Waals surface area (Å²) in [6.45, 7) is 4.70. The number of hydrogen-bond donors (Lipinski definition) is 2. The zero-order chi connectivity index (χ0) is 15.7. The van der Waals surface area contributed by atoms with Crippen molar-refractivity contribution in [1.29, 1.82) is 0 Å². The van der Waals surface area contributed by atoms with Gasteiger partial charge in [-0.15, -0.1) is 0 Å². The molecular weight excluding hydrogens is 286 g/mol. The van der Waals surface area contributed by atoms with Crippen molar-refractivity contribution >= 4 is 0 Å². The lowest BCUT2D eigenvalue weighted by Gasteiger charge is -2.46. The van der Waals surface area contributed by atoms with Gasteiger partial charge in [-0.3, -0.25) is 19.2 Å². The number of nitrogens with zero attached hydrogens (tertiary/aromatic N) is 2. The first-order chi connectivity index (χ1) is 10.5. The van der Waals surface area contributed by atoms with Crippen LogP contribution in [0.1, 0.15) is 32.2 Å². The first-order valence-electron chi connectivity index (χ1n) is 7.83. The molecule has 0 amide bonds. The fourth-order valence-corrected chi connectivity index (χ4v) is 3.49. The van der Waals surface area contributed by atoms with Crippen LogP contribution in [0.4, 0.5) is 0 Å². The number of rotatable bonds is 2. The lowest BCUT2D eigenvalue weighted by Crippen LogP contribution is -2.56. The summed E-state index contributed by atoms with van der Waals surface area (Å²) in [5.41, 5.74) is -1.85. The van der Waals surface area contributed by atoms with E-state index in [2.05, 4.69) is 9.88 Å². The van der Waals surface area contributed by atoms with Crippen LogP contribution in [0.15, 0.2) is 21.9 Å². The minimum Gasteiger partial charge on any atom is -0.388 e. The van der Waals surface area contributed by atoms with Crippen LogP contribution in [0.25, 0.3) is 0 Å². The number of ether oxygens (including phenoxy) is 1. The van der Waals surface area contributed by atoms with Crippen molar-refractivity contribution in [2.24, 2.45) is 0 Å². The van der Waals surface area contributed by atoms with Gasteiger partial charge in [0.1, 0.15) is 0 Å². The molecule has 3 rings (SSSR count). The monoisotopic (exact) mass is 309 g/mol. The van der Waals surface area contributed by atoms with E-state index in [0.29, 0.717) is 19.0 Å². The van der Waals surface area contributed by atoms with Crippen LogP contribution in [-0.4, -0.2) is 57.5 Å². The van der Waals surface area contributed by atoms with E-state index in [-0.39, 0.29) is 6.04 Å². The summed E-state index contributed by atoms with van der Waals surface area (Å²) in [4.78, 5) is 27.9. The third-order valence-electron chi connectivity index (χ3n) is 4.92. The maximum Gasteiger partial charge on any atom is 0.328 e. The zero-order valence-electron chi connectivity index (χ0n) is 12.8. The van der Waals surface area contributed by atoms with Crippen molar-refractivity contribution in [2.75, 3.05) is 26.3 Å². The Hall–Kier alpha value is -1.44. The van der Waals surface area contributed by atoms with Gasteiger partial charge in [-0.05, 0) is 26.2 Å². The van der Waals surface area contributed by atoms with E-state index >= 15 is 0 Å². The quantitative estimate of drug-likeness (QED) is 0.784. The van der Waals surface area contributed by atoms with Gasteiger partial charge in [0, 0.05) is 44.6 Å². The molecule has 0 saturated carbocycles. The first kappa shape index (κ1) is 15.5. The van der Waals surface area contributed by atoms with Gasteiger partial charge >= 0.3 is 5.69 Å².